The second-order valence-electron chi connectivity index (χ2n) is 5.81. The van der Waals surface area contributed by atoms with Crippen molar-refractivity contribution in [1.29, 1.82) is 5.26 Å². The van der Waals surface area contributed by atoms with Crippen LogP contribution < -0.4 is 0 Å². The van der Waals surface area contributed by atoms with Crippen LogP contribution in [0.1, 0.15) is 30.0 Å². The van der Waals surface area contributed by atoms with Crippen molar-refractivity contribution in [1.82, 2.24) is 4.98 Å². The summed E-state index contributed by atoms with van der Waals surface area (Å²) in [5.41, 5.74) is 4.37. The topological polar surface area (TPSA) is 36.7 Å². The first-order chi connectivity index (χ1) is 11.2. The van der Waals surface area contributed by atoms with Crippen LogP contribution in [0.2, 0.25) is 10.0 Å². The fourth-order valence-electron chi connectivity index (χ4n) is 3.06. The first-order valence-corrected chi connectivity index (χ1v) is 8.22. The summed E-state index contributed by atoms with van der Waals surface area (Å²) in [7, 11) is 0. The first kappa shape index (κ1) is 14.5. The van der Waals surface area contributed by atoms with Crippen molar-refractivity contribution in [3.63, 3.8) is 0 Å². The number of aromatic nitrogens is 1. The van der Waals surface area contributed by atoms with Gasteiger partial charge in [0.2, 0.25) is 0 Å². The zero-order chi connectivity index (χ0) is 16.0. The molecule has 2 aromatic carbocycles. The molecular weight excluding hydrogens is 327 g/mol. The Morgan fingerprint density at radius 3 is 2.52 bits per heavy atom. The maximum Gasteiger partial charge on any atom is 0.145 e. The number of nitrogens with zero attached hydrogens (tertiary/aromatic N) is 2. The molecule has 0 aliphatic heterocycles. The van der Waals surface area contributed by atoms with Crippen LogP contribution in [0.15, 0.2) is 42.5 Å². The van der Waals surface area contributed by atoms with Gasteiger partial charge in [0, 0.05) is 21.0 Å². The highest BCUT2D eigenvalue weighted by Gasteiger charge is 2.31. The summed E-state index contributed by atoms with van der Waals surface area (Å²) >= 11 is 12.4. The van der Waals surface area contributed by atoms with E-state index in [-0.39, 0.29) is 0 Å². The van der Waals surface area contributed by atoms with Gasteiger partial charge in [-0.2, -0.15) is 5.26 Å². The molecule has 0 bridgehead atoms. The lowest BCUT2D eigenvalue weighted by atomic mass is 9.92. The quantitative estimate of drug-likeness (QED) is 0.578. The van der Waals surface area contributed by atoms with Crippen LogP contribution in [0.25, 0.3) is 22.0 Å². The molecular formula is C19H12Cl2N2. The maximum absolute atomic E-state index is 9.57. The van der Waals surface area contributed by atoms with E-state index in [2.05, 4.69) is 11.1 Å². The maximum atomic E-state index is 9.57. The van der Waals surface area contributed by atoms with Crippen molar-refractivity contribution in [2.75, 3.05) is 0 Å². The van der Waals surface area contributed by atoms with Gasteiger partial charge in [-0.05, 0) is 60.2 Å². The van der Waals surface area contributed by atoms with Crippen LogP contribution in [-0.2, 0) is 0 Å². The number of halogens is 2. The summed E-state index contributed by atoms with van der Waals surface area (Å²) in [6.07, 6.45) is 2.19. The van der Waals surface area contributed by atoms with E-state index in [0.717, 1.165) is 40.4 Å². The molecule has 112 valence electrons. The van der Waals surface area contributed by atoms with Crippen LogP contribution in [0, 0.1) is 11.3 Å². The second kappa shape index (κ2) is 5.53. The summed E-state index contributed by atoms with van der Waals surface area (Å²) in [5.74, 6) is 0.398. The largest absolute Gasteiger partial charge is 0.237 e. The Bertz CT molecular complexity index is 969. The van der Waals surface area contributed by atoms with Crippen molar-refractivity contribution < 1.29 is 0 Å². The number of hydrogen-bond donors (Lipinski definition) is 0. The monoisotopic (exact) mass is 338 g/mol. The molecule has 1 saturated carbocycles. The van der Waals surface area contributed by atoms with Crippen LogP contribution in [0.3, 0.4) is 0 Å². The molecule has 1 aliphatic rings. The SMILES string of the molecule is N#Cc1nc2ccc(Cl)cc2c(-c2cccc(Cl)c2)c1C1CC1. The lowest BCUT2D eigenvalue weighted by Crippen LogP contribution is -1.98. The van der Waals surface area contributed by atoms with Crippen LogP contribution >= 0.6 is 23.2 Å². The minimum absolute atomic E-state index is 0.398. The molecule has 1 aromatic heterocycles. The third kappa shape index (κ3) is 2.57. The normalized spacial score (nSPS) is 14.0. The number of hydrogen-bond acceptors (Lipinski definition) is 2. The van der Waals surface area contributed by atoms with Gasteiger partial charge < -0.3 is 0 Å². The zero-order valence-electron chi connectivity index (χ0n) is 12.2. The Labute approximate surface area is 144 Å². The van der Waals surface area contributed by atoms with E-state index >= 15 is 0 Å². The smallest absolute Gasteiger partial charge is 0.145 e. The minimum atomic E-state index is 0.398. The molecule has 1 heterocycles. The first-order valence-electron chi connectivity index (χ1n) is 7.46. The lowest BCUT2D eigenvalue weighted by molar-refractivity contribution is 1.09. The number of nitriles is 1. The summed E-state index contributed by atoms with van der Waals surface area (Å²) in [5, 5.41) is 11.9. The van der Waals surface area contributed by atoms with Crippen molar-refractivity contribution in [2.45, 2.75) is 18.8 Å². The van der Waals surface area contributed by atoms with Crippen molar-refractivity contribution >= 4 is 34.1 Å². The predicted molar refractivity (Wildman–Crippen MR) is 93.9 cm³/mol. The van der Waals surface area contributed by atoms with Gasteiger partial charge in [-0.15, -0.1) is 0 Å². The molecule has 4 heteroatoms. The van der Waals surface area contributed by atoms with E-state index in [1.807, 2.05) is 36.4 Å². The molecule has 0 unspecified atom stereocenters. The summed E-state index contributed by atoms with van der Waals surface area (Å²) in [6.45, 7) is 0. The number of benzene rings is 2. The molecule has 4 rings (SSSR count). The second-order valence-corrected chi connectivity index (χ2v) is 6.68. The highest BCUT2D eigenvalue weighted by Crippen LogP contribution is 2.48. The van der Waals surface area contributed by atoms with E-state index < -0.39 is 0 Å². The third-order valence-electron chi connectivity index (χ3n) is 4.19. The number of pyridine rings is 1. The van der Waals surface area contributed by atoms with E-state index in [1.165, 1.54) is 0 Å². The Balaban J connectivity index is 2.15. The molecule has 1 fully saturated rings. The van der Waals surface area contributed by atoms with Crippen molar-refractivity contribution in [3.8, 4) is 17.2 Å². The zero-order valence-corrected chi connectivity index (χ0v) is 13.7. The fourth-order valence-corrected chi connectivity index (χ4v) is 3.42. The predicted octanol–water partition coefficient (Wildman–Crippen LogP) is 5.96. The summed E-state index contributed by atoms with van der Waals surface area (Å²) in [6, 6.07) is 15.6. The molecule has 23 heavy (non-hydrogen) atoms. The standard InChI is InChI=1S/C19H12Cl2N2/c20-13-3-1-2-12(8-13)18-15-9-14(21)6-7-16(15)23-17(10-22)19(18)11-4-5-11/h1-3,6-9,11H,4-5H2. The third-order valence-corrected chi connectivity index (χ3v) is 4.66. The molecule has 0 radical (unpaired) electrons. The molecule has 0 amide bonds. The van der Waals surface area contributed by atoms with Gasteiger partial charge in [0.25, 0.3) is 0 Å². The van der Waals surface area contributed by atoms with Gasteiger partial charge in [0.15, 0.2) is 0 Å². The Morgan fingerprint density at radius 2 is 1.83 bits per heavy atom. The van der Waals surface area contributed by atoms with Gasteiger partial charge in [0.1, 0.15) is 11.8 Å². The summed E-state index contributed by atoms with van der Waals surface area (Å²) < 4.78 is 0. The molecule has 0 N–H and O–H groups in total. The van der Waals surface area contributed by atoms with Crippen LogP contribution in [0.4, 0.5) is 0 Å². The Hall–Kier alpha value is -2.08. The molecule has 0 saturated heterocycles. The molecule has 3 aromatic rings. The van der Waals surface area contributed by atoms with Crippen molar-refractivity contribution in [2.24, 2.45) is 0 Å². The van der Waals surface area contributed by atoms with Gasteiger partial charge in [-0.1, -0.05) is 35.3 Å². The fraction of sp³-hybridized carbons (Fsp3) is 0.158. The van der Waals surface area contributed by atoms with Crippen LogP contribution in [-0.4, -0.2) is 4.98 Å². The molecule has 0 spiro atoms. The minimum Gasteiger partial charge on any atom is -0.237 e. The molecule has 0 atom stereocenters. The van der Waals surface area contributed by atoms with Gasteiger partial charge in [-0.25, -0.2) is 4.98 Å². The average molecular weight is 339 g/mol. The highest BCUT2D eigenvalue weighted by molar-refractivity contribution is 6.32. The summed E-state index contributed by atoms with van der Waals surface area (Å²) in [4.78, 5) is 4.55. The van der Waals surface area contributed by atoms with E-state index in [1.54, 1.807) is 6.07 Å². The number of rotatable bonds is 2. The van der Waals surface area contributed by atoms with E-state index in [4.69, 9.17) is 23.2 Å². The van der Waals surface area contributed by atoms with Crippen LogP contribution in [0.5, 0.6) is 0 Å². The lowest BCUT2D eigenvalue weighted by Gasteiger charge is -2.15. The van der Waals surface area contributed by atoms with Gasteiger partial charge in [-0.3, -0.25) is 0 Å². The van der Waals surface area contributed by atoms with Crippen molar-refractivity contribution in [3.05, 3.63) is 63.8 Å². The van der Waals surface area contributed by atoms with Gasteiger partial charge in [0.05, 0.1) is 5.52 Å². The van der Waals surface area contributed by atoms with E-state index in [9.17, 15) is 5.26 Å². The van der Waals surface area contributed by atoms with Gasteiger partial charge >= 0.3 is 0 Å². The number of fused-ring (bicyclic) bond motifs is 1. The van der Waals surface area contributed by atoms with E-state index in [0.29, 0.717) is 21.7 Å². The Kier molecular flexibility index (Phi) is 3.49. The highest BCUT2D eigenvalue weighted by atomic mass is 35.5. The average Bonchev–Trinajstić information content (AvgIpc) is 3.37. The Morgan fingerprint density at radius 1 is 1.04 bits per heavy atom. The molecule has 1 aliphatic carbocycles. The molecule has 2 nitrogen and oxygen atoms in total.